The van der Waals surface area contributed by atoms with Gasteiger partial charge in [-0.2, -0.15) is 0 Å². The predicted octanol–water partition coefficient (Wildman–Crippen LogP) is -0.434. The van der Waals surface area contributed by atoms with Gasteiger partial charge in [0, 0.05) is 13.0 Å². The molecule has 1 aliphatic carbocycles. The summed E-state index contributed by atoms with van der Waals surface area (Å²) in [5.74, 6) is -0.727. The van der Waals surface area contributed by atoms with Crippen LogP contribution in [0.3, 0.4) is 0 Å². The van der Waals surface area contributed by atoms with E-state index in [2.05, 4.69) is 5.43 Å². The van der Waals surface area contributed by atoms with Crippen molar-refractivity contribution >= 4 is 34.2 Å². The van der Waals surface area contributed by atoms with Crippen molar-refractivity contribution in [3.05, 3.63) is 0 Å². The molecule has 1 saturated carbocycles. The summed E-state index contributed by atoms with van der Waals surface area (Å²) in [5.41, 5.74) is 2.39. The third-order valence-electron chi connectivity index (χ3n) is 1.80. The highest BCUT2D eigenvalue weighted by Crippen LogP contribution is 2.31. The lowest BCUT2D eigenvalue weighted by atomic mass is 10.4. The number of carbonyl (C=O) groups is 1. The third kappa shape index (κ3) is 3.69. The zero-order chi connectivity index (χ0) is 10.7. The molecule has 1 atom stereocenters. The largest absolute Gasteiger partial charge is 0.772 e. The Bertz CT molecular complexity index is 278. The minimum atomic E-state index is -2.35. The number of rotatable bonds is 3. The molecular formula is C7H11N2O3S2-. The van der Waals surface area contributed by atoms with Crippen molar-refractivity contribution in [3.63, 3.8) is 0 Å². The number of nitrogens with zero attached hydrogens (tertiary/aromatic N) is 1. The fraction of sp³-hybridized carbons (Fsp3) is 0.714. The van der Waals surface area contributed by atoms with Gasteiger partial charge in [-0.05, 0) is 23.9 Å². The summed E-state index contributed by atoms with van der Waals surface area (Å²) in [7, 11) is 1.62. The monoisotopic (exact) mass is 235 g/mol. The number of carbonyl (C=O) groups excluding carboxylic acids is 1. The molecule has 0 heterocycles. The van der Waals surface area contributed by atoms with Crippen molar-refractivity contribution in [1.29, 1.82) is 0 Å². The zero-order valence-corrected chi connectivity index (χ0v) is 9.32. The van der Waals surface area contributed by atoms with E-state index in [0.717, 1.165) is 12.8 Å². The molecule has 1 aliphatic rings. The summed E-state index contributed by atoms with van der Waals surface area (Å²) in [6.07, 6.45) is 2.10. The Balaban J connectivity index is 2.31. The van der Waals surface area contributed by atoms with E-state index in [1.807, 2.05) is 0 Å². The highest BCUT2D eigenvalue weighted by molar-refractivity contribution is 7.80. The first kappa shape index (κ1) is 11.5. The van der Waals surface area contributed by atoms with Gasteiger partial charge in [-0.25, -0.2) is 0 Å². The van der Waals surface area contributed by atoms with Gasteiger partial charge >= 0.3 is 0 Å². The van der Waals surface area contributed by atoms with Crippen LogP contribution >= 0.6 is 12.2 Å². The Kier molecular flexibility index (Phi) is 3.97. The summed E-state index contributed by atoms with van der Waals surface area (Å²) in [6, 6.07) is 0. The Hall–Kier alpha value is -0.530. The molecular weight excluding hydrogens is 224 g/mol. The summed E-state index contributed by atoms with van der Waals surface area (Å²) >= 11 is 2.70. The minimum Gasteiger partial charge on any atom is -0.772 e. The molecule has 7 heteroatoms. The maximum absolute atomic E-state index is 11.0. The van der Waals surface area contributed by atoms with Crippen LogP contribution in [0.2, 0.25) is 0 Å². The molecule has 0 aliphatic heterocycles. The molecule has 14 heavy (non-hydrogen) atoms. The summed E-state index contributed by atoms with van der Waals surface area (Å²) in [4.78, 5) is 11.7. The van der Waals surface area contributed by atoms with Crippen LogP contribution in [0.1, 0.15) is 12.8 Å². The maximum atomic E-state index is 11.0. The van der Waals surface area contributed by atoms with Crippen molar-refractivity contribution in [3.8, 4) is 0 Å². The van der Waals surface area contributed by atoms with E-state index in [0.29, 0.717) is 10.9 Å². The standard InChI is InChI=1S/C7H12N2O3S2/c1-9(7(13)5-2-3-5)8-6(10)4-14(11)12/h5H,2-4H2,1H3,(H,8,10)(H,11,12)/p-1. The number of thiocarbonyl (C=S) groups is 1. The molecule has 1 unspecified atom stereocenters. The average molecular weight is 235 g/mol. The second-order valence-electron chi connectivity index (χ2n) is 3.15. The normalized spacial score (nSPS) is 17.3. The number of hydrazine groups is 1. The van der Waals surface area contributed by atoms with Crippen LogP contribution in [0, 0.1) is 5.92 Å². The van der Waals surface area contributed by atoms with Crippen LogP contribution in [0.5, 0.6) is 0 Å². The molecule has 0 saturated heterocycles. The fourth-order valence-corrected chi connectivity index (χ4v) is 1.55. The van der Waals surface area contributed by atoms with Crippen LogP contribution in [-0.4, -0.2) is 37.5 Å². The Labute approximate surface area is 90.1 Å². The van der Waals surface area contributed by atoms with Crippen molar-refractivity contribution in [1.82, 2.24) is 10.4 Å². The Morgan fingerprint density at radius 3 is 2.71 bits per heavy atom. The molecule has 0 aromatic carbocycles. The van der Waals surface area contributed by atoms with E-state index < -0.39 is 22.7 Å². The quantitative estimate of drug-likeness (QED) is 0.408. The zero-order valence-electron chi connectivity index (χ0n) is 7.69. The number of hydrogen-bond acceptors (Lipinski definition) is 4. The first-order chi connectivity index (χ1) is 6.50. The van der Waals surface area contributed by atoms with E-state index >= 15 is 0 Å². The van der Waals surface area contributed by atoms with Crippen LogP contribution in [0.25, 0.3) is 0 Å². The van der Waals surface area contributed by atoms with Crippen LogP contribution in [-0.2, 0) is 15.9 Å². The van der Waals surface area contributed by atoms with Gasteiger partial charge in [0.15, 0.2) is 0 Å². The van der Waals surface area contributed by atoms with Gasteiger partial charge in [-0.15, -0.1) is 0 Å². The highest BCUT2D eigenvalue weighted by atomic mass is 32.2. The summed E-state index contributed by atoms with van der Waals surface area (Å²) in [5, 5.41) is 1.42. The van der Waals surface area contributed by atoms with Crippen LogP contribution in [0.15, 0.2) is 0 Å². The molecule has 0 radical (unpaired) electrons. The van der Waals surface area contributed by atoms with E-state index in [4.69, 9.17) is 12.2 Å². The van der Waals surface area contributed by atoms with E-state index in [1.165, 1.54) is 5.01 Å². The predicted molar refractivity (Wildman–Crippen MR) is 55.0 cm³/mol. The topological polar surface area (TPSA) is 72.5 Å². The lowest BCUT2D eigenvalue weighted by Crippen LogP contribution is -2.44. The Morgan fingerprint density at radius 1 is 1.71 bits per heavy atom. The molecule has 1 fully saturated rings. The smallest absolute Gasteiger partial charge is 0.249 e. The van der Waals surface area contributed by atoms with Crippen LogP contribution < -0.4 is 5.43 Å². The molecule has 1 amide bonds. The molecule has 1 N–H and O–H groups in total. The lowest BCUT2D eigenvalue weighted by molar-refractivity contribution is -0.121. The molecule has 5 nitrogen and oxygen atoms in total. The van der Waals surface area contributed by atoms with Crippen molar-refractivity contribution in [2.75, 3.05) is 12.8 Å². The van der Waals surface area contributed by atoms with Crippen LogP contribution in [0.4, 0.5) is 0 Å². The number of hydrogen-bond donors (Lipinski definition) is 1. The van der Waals surface area contributed by atoms with Gasteiger partial charge in [-0.3, -0.25) is 19.4 Å². The van der Waals surface area contributed by atoms with Gasteiger partial charge < -0.3 is 4.55 Å². The van der Waals surface area contributed by atoms with Gasteiger partial charge in [0.25, 0.3) is 0 Å². The SMILES string of the molecule is CN(NC(=O)CS(=O)[O-])C(=S)C1CC1. The molecule has 0 spiro atoms. The Morgan fingerprint density at radius 2 is 2.29 bits per heavy atom. The number of nitrogens with one attached hydrogen (secondary N) is 1. The van der Waals surface area contributed by atoms with Gasteiger partial charge in [0.05, 0.1) is 10.7 Å². The third-order valence-corrected chi connectivity index (χ3v) is 2.90. The van der Waals surface area contributed by atoms with Crippen molar-refractivity contribution < 1.29 is 13.6 Å². The molecule has 80 valence electrons. The van der Waals surface area contributed by atoms with E-state index in [9.17, 15) is 13.6 Å². The highest BCUT2D eigenvalue weighted by Gasteiger charge is 2.29. The molecule has 1 rings (SSSR count). The molecule has 0 bridgehead atoms. The van der Waals surface area contributed by atoms with E-state index in [-0.39, 0.29) is 0 Å². The molecule has 0 aromatic heterocycles. The summed E-state index contributed by atoms with van der Waals surface area (Å²) < 4.78 is 20.4. The van der Waals surface area contributed by atoms with Crippen molar-refractivity contribution in [2.24, 2.45) is 5.92 Å². The molecule has 0 aromatic rings. The first-order valence-electron chi connectivity index (χ1n) is 4.13. The number of amides is 1. The summed E-state index contributed by atoms with van der Waals surface area (Å²) in [6.45, 7) is 0. The van der Waals surface area contributed by atoms with Gasteiger partial charge in [-0.1, -0.05) is 12.2 Å². The first-order valence-corrected chi connectivity index (χ1v) is 5.79. The fourth-order valence-electron chi connectivity index (χ4n) is 0.986. The van der Waals surface area contributed by atoms with Crippen molar-refractivity contribution in [2.45, 2.75) is 12.8 Å². The average Bonchev–Trinajstić information content (AvgIpc) is 2.83. The van der Waals surface area contributed by atoms with Gasteiger partial charge in [0.1, 0.15) is 0 Å². The maximum Gasteiger partial charge on any atom is 0.249 e. The van der Waals surface area contributed by atoms with E-state index in [1.54, 1.807) is 7.05 Å². The second-order valence-corrected chi connectivity index (χ2v) is 4.47. The van der Waals surface area contributed by atoms with Gasteiger partial charge in [0.2, 0.25) is 5.91 Å². The lowest BCUT2D eigenvalue weighted by Gasteiger charge is -2.20. The second kappa shape index (κ2) is 4.81. The minimum absolute atomic E-state index is 0.369.